The Bertz CT molecular complexity index is 459. The van der Waals surface area contributed by atoms with Gasteiger partial charge in [-0.3, -0.25) is 0 Å². The van der Waals surface area contributed by atoms with Gasteiger partial charge in [0.1, 0.15) is 17.3 Å². The molecule has 0 aliphatic heterocycles. The van der Waals surface area contributed by atoms with E-state index in [-0.39, 0.29) is 12.2 Å². The first kappa shape index (κ1) is 10.6. The van der Waals surface area contributed by atoms with Crippen LogP contribution in [0.1, 0.15) is 5.76 Å². The van der Waals surface area contributed by atoms with E-state index in [1.807, 2.05) is 0 Å². The minimum atomic E-state index is -0.968. The van der Waals surface area contributed by atoms with Crippen molar-refractivity contribution in [3.8, 4) is 0 Å². The van der Waals surface area contributed by atoms with Crippen LogP contribution in [0.4, 0.5) is 18.9 Å². The van der Waals surface area contributed by atoms with Gasteiger partial charge in [0.05, 0.1) is 12.8 Å². The minimum Gasteiger partial charge on any atom is -0.467 e. The van der Waals surface area contributed by atoms with Crippen molar-refractivity contribution in [2.75, 3.05) is 5.32 Å². The van der Waals surface area contributed by atoms with Crippen LogP contribution in [0.5, 0.6) is 0 Å². The van der Waals surface area contributed by atoms with Crippen LogP contribution in [0.15, 0.2) is 34.9 Å². The van der Waals surface area contributed by atoms with Crippen molar-refractivity contribution in [3.05, 3.63) is 53.7 Å². The van der Waals surface area contributed by atoms with Gasteiger partial charge >= 0.3 is 0 Å². The summed E-state index contributed by atoms with van der Waals surface area (Å²) in [6.45, 7) is 0.131. The zero-order valence-electron chi connectivity index (χ0n) is 8.14. The summed E-state index contributed by atoms with van der Waals surface area (Å²) < 4.78 is 43.9. The normalized spacial score (nSPS) is 10.4. The molecule has 1 aromatic heterocycles. The molecule has 1 aromatic carbocycles. The lowest BCUT2D eigenvalue weighted by Gasteiger charge is -2.07. The molecule has 1 heterocycles. The van der Waals surface area contributed by atoms with Crippen molar-refractivity contribution in [1.82, 2.24) is 0 Å². The van der Waals surface area contributed by atoms with Gasteiger partial charge in [-0.2, -0.15) is 0 Å². The van der Waals surface area contributed by atoms with E-state index in [1.165, 1.54) is 6.26 Å². The highest BCUT2D eigenvalue weighted by Crippen LogP contribution is 2.20. The van der Waals surface area contributed by atoms with Crippen LogP contribution in [-0.2, 0) is 6.54 Å². The van der Waals surface area contributed by atoms with Gasteiger partial charge in [0, 0.05) is 12.1 Å². The van der Waals surface area contributed by atoms with Gasteiger partial charge < -0.3 is 9.73 Å². The fraction of sp³-hybridized carbons (Fsp3) is 0.0909. The molecule has 0 saturated carbocycles. The lowest BCUT2D eigenvalue weighted by molar-refractivity contribution is 0.514. The average Bonchev–Trinajstić information content (AvgIpc) is 2.68. The molecule has 0 radical (unpaired) electrons. The maximum Gasteiger partial charge on any atom is 0.152 e. The van der Waals surface area contributed by atoms with Crippen molar-refractivity contribution < 1.29 is 17.6 Å². The number of hydrogen-bond acceptors (Lipinski definition) is 2. The zero-order valence-corrected chi connectivity index (χ0v) is 8.14. The molecule has 0 aliphatic rings. The number of rotatable bonds is 3. The van der Waals surface area contributed by atoms with Gasteiger partial charge in [-0.15, -0.1) is 0 Å². The Morgan fingerprint density at radius 3 is 2.38 bits per heavy atom. The summed E-state index contributed by atoms with van der Waals surface area (Å²) in [4.78, 5) is 0. The highest BCUT2D eigenvalue weighted by Gasteiger charge is 2.11. The summed E-state index contributed by atoms with van der Waals surface area (Å²) in [7, 11) is 0. The van der Waals surface area contributed by atoms with E-state index in [4.69, 9.17) is 4.42 Å². The number of halogens is 3. The topological polar surface area (TPSA) is 25.2 Å². The lowest BCUT2D eigenvalue weighted by Crippen LogP contribution is -2.03. The van der Waals surface area contributed by atoms with Gasteiger partial charge in [0.15, 0.2) is 11.6 Å². The SMILES string of the molecule is Fc1cc(F)c(NCc2ccco2)c(F)c1. The van der Waals surface area contributed by atoms with Crippen LogP contribution in [0.3, 0.4) is 0 Å². The van der Waals surface area contributed by atoms with Crippen LogP contribution >= 0.6 is 0 Å². The molecule has 2 aromatic rings. The molecular weight excluding hydrogens is 219 g/mol. The van der Waals surface area contributed by atoms with Crippen LogP contribution in [0.25, 0.3) is 0 Å². The van der Waals surface area contributed by atoms with E-state index in [2.05, 4.69) is 5.32 Å². The van der Waals surface area contributed by atoms with Crippen molar-refractivity contribution in [3.63, 3.8) is 0 Å². The van der Waals surface area contributed by atoms with Crippen LogP contribution in [0, 0.1) is 17.5 Å². The summed E-state index contributed by atoms with van der Waals surface area (Å²) in [6.07, 6.45) is 1.45. The molecule has 0 saturated heterocycles. The highest BCUT2D eigenvalue weighted by atomic mass is 19.1. The Labute approximate surface area is 89.7 Å². The fourth-order valence-electron chi connectivity index (χ4n) is 1.30. The molecule has 0 bridgehead atoms. The van der Waals surface area contributed by atoms with Gasteiger partial charge in [0.25, 0.3) is 0 Å². The van der Waals surface area contributed by atoms with Gasteiger partial charge in [-0.1, -0.05) is 0 Å². The molecule has 84 valence electrons. The second kappa shape index (κ2) is 4.30. The predicted molar refractivity (Wildman–Crippen MR) is 52.4 cm³/mol. The van der Waals surface area contributed by atoms with Crippen LogP contribution < -0.4 is 5.32 Å². The number of nitrogens with one attached hydrogen (secondary N) is 1. The van der Waals surface area contributed by atoms with Crippen molar-refractivity contribution in [1.29, 1.82) is 0 Å². The fourth-order valence-corrected chi connectivity index (χ4v) is 1.30. The third-order valence-electron chi connectivity index (χ3n) is 2.03. The van der Waals surface area contributed by atoms with E-state index in [0.29, 0.717) is 17.9 Å². The van der Waals surface area contributed by atoms with Gasteiger partial charge in [-0.25, -0.2) is 13.2 Å². The monoisotopic (exact) mass is 227 g/mol. The van der Waals surface area contributed by atoms with Gasteiger partial charge in [-0.05, 0) is 12.1 Å². The zero-order chi connectivity index (χ0) is 11.5. The molecular formula is C11H8F3NO. The summed E-state index contributed by atoms with van der Waals surface area (Å²) in [5, 5.41) is 2.50. The van der Waals surface area contributed by atoms with Crippen LogP contribution in [0.2, 0.25) is 0 Å². The van der Waals surface area contributed by atoms with E-state index in [1.54, 1.807) is 12.1 Å². The highest BCUT2D eigenvalue weighted by molar-refractivity contribution is 5.46. The number of benzene rings is 1. The first-order valence-corrected chi connectivity index (χ1v) is 4.57. The van der Waals surface area contributed by atoms with Crippen molar-refractivity contribution in [2.24, 2.45) is 0 Å². The average molecular weight is 227 g/mol. The third kappa shape index (κ3) is 2.18. The summed E-state index contributed by atoms with van der Waals surface area (Å²) in [5.74, 6) is -2.35. The van der Waals surface area contributed by atoms with E-state index >= 15 is 0 Å². The number of furan rings is 1. The standard InChI is InChI=1S/C11H8F3NO/c12-7-4-9(13)11(10(14)5-7)15-6-8-2-1-3-16-8/h1-5,15H,6H2. The van der Waals surface area contributed by atoms with Gasteiger partial charge in [0.2, 0.25) is 0 Å². The first-order chi connectivity index (χ1) is 7.66. The molecule has 0 atom stereocenters. The summed E-state index contributed by atoms with van der Waals surface area (Å²) in [5.41, 5.74) is -0.363. The Morgan fingerprint density at radius 1 is 1.12 bits per heavy atom. The quantitative estimate of drug-likeness (QED) is 0.870. The Balaban J connectivity index is 2.15. The Morgan fingerprint density at radius 2 is 1.81 bits per heavy atom. The van der Waals surface area contributed by atoms with E-state index in [0.717, 1.165) is 0 Å². The minimum absolute atomic E-state index is 0.131. The summed E-state index contributed by atoms with van der Waals surface area (Å²) in [6, 6.07) is 4.56. The Kier molecular flexibility index (Phi) is 2.85. The van der Waals surface area contributed by atoms with Crippen LogP contribution in [-0.4, -0.2) is 0 Å². The maximum atomic E-state index is 13.2. The second-order valence-corrected chi connectivity index (χ2v) is 3.18. The molecule has 0 spiro atoms. The third-order valence-corrected chi connectivity index (χ3v) is 2.03. The lowest BCUT2D eigenvalue weighted by atomic mass is 10.2. The molecule has 0 aliphatic carbocycles. The maximum absolute atomic E-state index is 13.2. The molecule has 1 N–H and O–H groups in total. The molecule has 16 heavy (non-hydrogen) atoms. The molecule has 2 rings (SSSR count). The Hall–Kier alpha value is -1.91. The van der Waals surface area contributed by atoms with E-state index in [9.17, 15) is 13.2 Å². The molecule has 0 amide bonds. The molecule has 0 fully saturated rings. The largest absolute Gasteiger partial charge is 0.467 e. The number of hydrogen-bond donors (Lipinski definition) is 1. The predicted octanol–water partition coefficient (Wildman–Crippen LogP) is 3.31. The summed E-state index contributed by atoms with van der Waals surface area (Å²) >= 11 is 0. The second-order valence-electron chi connectivity index (χ2n) is 3.18. The first-order valence-electron chi connectivity index (χ1n) is 4.57. The smallest absolute Gasteiger partial charge is 0.152 e. The molecule has 5 heteroatoms. The van der Waals surface area contributed by atoms with Crippen molar-refractivity contribution in [2.45, 2.75) is 6.54 Å². The van der Waals surface area contributed by atoms with Crippen molar-refractivity contribution >= 4 is 5.69 Å². The van der Waals surface area contributed by atoms with E-state index < -0.39 is 17.5 Å². The number of anilines is 1. The molecule has 0 unspecified atom stereocenters. The molecule has 2 nitrogen and oxygen atoms in total.